The molecular formula is C24H30N2O5. The zero-order valence-corrected chi connectivity index (χ0v) is 18.1. The molecule has 0 aromatic heterocycles. The van der Waals surface area contributed by atoms with Crippen LogP contribution in [0.3, 0.4) is 0 Å². The molecule has 0 saturated heterocycles. The number of para-hydroxylation sites is 4. The molecule has 2 aromatic rings. The van der Waals surface area contributed by atoms with E-state index in [9.17, 15) is 9.59 Å². The molecule has 3 rings (SSSR count). The van der Waals surface area contributed by atoms with Crippen LogP contribution in [-0.4, -0.2) is 49.6 Å². The first kappa shape index (κ1) is 22.5. The Bertz CT molecular complexity index is 882. The second-order valence-electron chi connectivity index (χ2n) is 7.40. The van der Waals surface area contributed by atoms with Crippen LogP contribution >= 0.6 is 0 Å². The number of amides is 2. The van der Waals surface area contributed by atoms with Crippen LogP contribution in [0.4, 0.5) is 5.69 Å². The van der Waals surface area contributed by atoms with Crippen LogP contribution in [0.2, 0.25) is 0 Å². The lowest BCUT2D eigenvalue weighted by Crippen LogP contribution is -2.38. The molecule has 0 aliphatic heterocycles. The second-order valence-corrected chi connectivity index (χ2v) is 7.40. The maximum atomic E-state index is 12.7. The fourth-order valence-electron chi connectivity index (χ4n) is 3.20. The highest BCUT2D eigenvalue weighted by Crippen LogP contribution is 2.29. The fourth-order valence-corrected chi connectivity index (χ4v) is 3.20. The quantitative estimate of drug-likeness (QED) is 0.557. The van der Waals surface area contributed by atoms with E-state index in [0.717, 1.165) is 19.3 Å². The van der Waals surface area contributed by atoms with E-state index in [-0.39, 0.29) is 30.9 Å². The van der Waals surface area contributed by atoms with Crippen molar-refractivity contribution in [2.45, 2.75) is 38.6 Å². The first-order valence-electron chi connectivity index (χ1n) is 10.7. The third-order valence-corrected chi connectivity index (χ3v) is 4.93. The standard InChI is InChI=1S/C24H30N2O5/c1-3-16-30-20-9-5-4-8-19(20)25-23(27)14-15-26(18-12-13-18)24(28)17-31-22-11-7-6-10-21(22)29-2/h4-11,18H,3,12-17H2,1-2H3,(H,25,27). The Hall–Kier alpha value is -3.22. The Morgan fingerprint density at radius 2 is 1.68 bits per heavy atom. The molecule has 166 valence electrons. The zero-order chi connectivity index (χ0) is 22.1. The minimum Gasteiger partial charge on any atom is -0.493 e. The van der Waals surface area contributed by atoms with Crippen LogP contribution in [0.15, 0.2) is 48.5 Å². The molecule has 31 heavy (non-hydrogen) atoms. The number of methoxy groups -OCH3 is 1. The van der Waals surface area contributed by atoms with Crippen LogP contribution in [0, 0.1) is 0 Å². The average molecular weight is 427 g/mol. The summed E-state index contributed by atoms with van der Waals surface area (Å²) in [4.78, 5) is 27.0. The molecule has 1 saturated carbocycles. The number of hydrogen-bond acceptors (Lipinski definition) is 5. The van der Waals surface area contributed by atoms with Gasteiger partial charge in [0.05, 0.1) is 19.4 Å². The molecule has 1 N–H and O–H groups in total. The van der Waals surface area contributed by atoms with Gasteiger partial charge >= 0.3 is 0 Å². The fraction of sp³-hybridized carbons (Fsp3) is 0.417. The summed E-state index contributed by atoms with van der Waals surface area (Å²) in [6.07, 6.45) is 3.00. The van der Waals surface area contributed by atoms with Gasteiger partial charge in [-0.3, -0.25) is 9.59 Å². The van der Waals surface area contributed by atoms with Crippen molar-refractivity contribution in [3.63, 3.8) is 0 Å². The van der Waals surface area contributed by atoms with E-state index in [2.05, 4.69) is 5.32 Å². The zero-order valence-electron chi connectivity index (χ0n) is 18.1. The summed E-state index contributed by atoms with van der Waals surface area (Å²) in [7, 11) is 1.56. The van der Waals surface area contributed by atoms with Gasteiger partial charge in [0.15, 0.2) is 18.1 Å². The first-order valence-corrected chi connectivity index (χ1v) is 10.7. The molecule has 7 heteroatoms. The summed E-state index contributed by atoms with van der Waals surface area (Å²) in [6, 6.07) is 14.8. The first-order chi connectivity index (χ1) is 15.1. The lowest BCUT2D eigenvalue weighted by Gasteiger charge is -2.22. The highest BCUT2D eigenvalue weighted by Gasteiger charge is 2.33. The topological polar surface area (TPSA) is 77.1 Å². The Morgan fingerprint density at radius 3 is 2.35 bits per heavy atom. The van der Waals surface area contributed by atoms with Crippen LogP contribution in [0.25, 0.3) is 0 Å². The number of carbonyl (C=O) groups excluding carboxylic acids is 2. The summed E-state index contributed by atoms with van der Waals surface area (Å²) in [5, 5.41) is 2.90. The van der Waals surface area contributed by atoms with Crippen molar-refractivity contribution >= 4 is 17.5 Å². The maximum absolute atomic E-state index is 12.7. The van der Waals surface area contributed by atoms with Gasteiger partial charge in [0, 0.05) is 19.0 Å². The largest absolute Gasteiger partial charge is 0.493 e. The number of carbonyl (C=O) groups is 2. The third-order valence-electron chi connectivity index (χ3n) is 4.93. The molecule has 2 aromatic carbocycles. The summed E-state index contributed by atoms with van der Waals surface area (Å²) >= 11 is 0. The lowest BCUT2D eigenvalue weighted by molar-refractivity contribution is -0.134. The molecule has 0 bridgehead atoms. The molecule has 0 atom stereocenters. The third kappa shape index (κ3) is 6.64. The summed E-state index contributed by atoms with van der Waals surface area (Å²) in [5.41, 5.74) is 0.643. The van der Waals surface area contributed by atoms with Gasteiger partial charge in [0.1, 0.15) is 5.75 Å². The molecule has 1 fully saturated rings. The Balaban J connectivity index is 1.52. The maximum Gasteiger partial charge on any atom is 0.260 e. The smallest absolute Gasteiger partial charge is 0.260 e. The predicted octanol–water partition coefficient (Wildman–Crippen LogP) is 3.88. The highest BCUT2D eigenvalue weighted by atomic mass is 16.5. The minimum absolute atomic E-state index is 0.0911. The van der Waals surface area contributed by atoms with Crippen molar-refractivity contribution in [3.05, 3.63) is 48.5 Å². The van der Waals surface area contributed by atoms with E-state index in [4.69, 9.17) is 14.2 Å². The van der Waals surface area contributed by atoms with Gasteiger partial charge in [0.2, 0.25) is 5.91 Å². The van der Waals surface area contributed by atoms with Gasteiger partial charge in [-0.05, 0) is 43.5 Å². The van der Waals surface area contributed by atoms with E-state index >= 15 is 0 Å². The molecule has 0 spiro atoms. The van der Waals surface area contributed by atoms with Crippen molar-refractivity contribution in [3.8, 4) is 17.2 Å². The molecule has 1 aliphatic rings. The van der Waals surface area contributed by atoms with E-state index < -0.39 is 0 Å². The molecule has 0 heterocycles. The Kier molecular flexibility index (Phi) is 8.15. The van der Waals surface area contributed by atoms with Gasteiger partial charge in [-0.25, -0.2) is 0 Å². The number of benzene rings is 2. The molecular weight excluding hydrogens is 396 g/mol. The summed E-state index contributed by atoms with van der Waals surface area (Å²) < 4.78 is 16.6. The highest BCUT2D eigenvalue weighted by molar-refractivity contribution is 5.92. The van der Waals surface area contributed by atoms with Crippen molar-refractivity contribution in [1.29, 1.82) is 0 Å². The Labute approximate surface area is 183 Å². The number of nitrogens with zero attached hydrogens (tertiary/aromatic N) is 1. The number of ether oxygens (including phenoxy) is 3. The van der Waals surface area contributed by atoms with Crippen molar-refractivity contribution < 1.29 is 23.8 Å². The van der Waals surface area contributed by atoms with Gasteiger partial charge in [-0.2, -0.15) is 0 Å². The molecule has 0 radical (unpaired) electrons. The number of rotatable bonds is 12. The normalized spacial score (nSPS) is 12.7. The van der Waals surface area contributed by atoms with Crippen LogP contribution in [0.5, 0.6) is 17.2 Å². The van der Waals surface area contributed by atoms with Gasteiger partial charge < -0.3 is 24.4 Å². The molecule has 0 unspecified atom stereocenters. The molecule has 7 nitrogen and oxygen atoms in total. The van der Waals surface area contributed by atoms with E-state index in [1.807, 2.05) is 43.3 Å². The van der Waals surface area contributed by atoms with Gasteiger partial charge in [-0.1, -0.05) is 31.2 Å². The minimum atomic E-state index is -0.156. The van der Waals surface area contributed by atoms with E-state index in [0.29, 0.717) is 36.1 Å². The average Bonchev–Trinajstić information content (AvgIpc) is 3.62. The van der Waals surface area contributed by atoms with Crippen molar-refractivity contribution in [2.24, 2.45) is 0 Å². The van der Waals surface area contributed by atoms with Crippen LogP contribution in [0.1, 0.15) is 32.6 Å². The summed E-state index contributed by atoms with van der Waals surface area (Å²) in [6.45, 7) is 2.88. The number of anilines is 1. The van der Waals surface area contributed by atoms with Crippen molar-refractivity contribution in [2.75, 3.05) is 32.2 Å². The molecule has 1 aliphatic carbocycles. The summed E-state index contributed by atoms with van der Waals surface area (Å²) in [5.74, 6) is 1.47. The van der Waals surface area contributed by atoms with Crippen LogP contribution < -0.4 is 19.5 Å². The van der Waals surface area contributed by atoms with Crippen LogP contribution in [-0.2, 0) is 9.59 Å². The molecule has 2 amide bonds. The SMILES string of the molecule is CCCOc1ccccc1NC(=O)CCN(C(=O)COc1ccccc1OC)C1CC1. The van der Waals surface area contributed by atoms with E-state index in [1.165, 1.54) is 0 Å². The second kappa shape index (κ2) is 11.2. The van der Waals surface area contributed by atoms with Gasteiger partial charge in [0.25, 0.3) is 5.91 Å². The Morgan fingerprint density at radius 1 is 1.00 bits per heavy atom. The lowest BCUT2D eigenvalue weighted by atomic mass is 10.2. The number of hydrogen-bond donors (Lipinski definition) is 1. The van der Waals surface area contributed by atoms with Gasteiger partial charge in [-0.15, -0.1) is 0 Å². The van der Waals surface area contributed by atoms with Crippen molar-refractivity contribution in [1.82, 2.24) is 4.90 Å². The van der Waals surface area contributed by atoms with E-state index in [1.54, 1.807) is 24.1 Å². The predicted molar refractivity (Wildman–Crippen MR) is 119 cm³/mol. The monoisotopic (exact) mass is 426 g/mol. The number of nitrogens with one attached hydrogen (secondary N) is 1.